The molecule has 1 fully saturated rings. The predicted octanol–water partition coefficient (Wildman–Crippen LogP) is 1.40. The van der Waals surface area contributed by atoms with Crippen LogP contribution in [-0.2, 0) is 16.6 Å². The molecule has 2 amide bonds. The molecule has 0 saturated carbocycles. The van der Waals surface area contributed by atoms with Gasteiger partial charge in [-0.15, -0.1) is 0 Å². The van der Waals surface area contributed by atoms with Crippen LogP contribution >= 0.6 is 0 Å². The zero-order valence-corrected chi connectivity index (χ0v) is 18.2. The van der Waals surface area contributed by atoms with Crippen molar-refractivity contribution in [3.8, 4) is 17.2 Å². The van der Waals surface area contributed by atoms with E-state index in [2.05, 4.69) is 5.32 Å². The molecule has 168 valence electrons. The molecule has 1 aliphatic heterocycles. The molecule has 2 atom stereocenters. The summed E-state index contributed by atoms with van der Waals surface area (Å²) in [5.74, 6) is -0.634. The fraction of sp³-hybridized carbons (Fsp3) is 0.476. The Morgan fingerprint density at radius 1 is 1.13 bits per heavy atom. The second-order valence-corrected chi connectivity index (χ2v) is 7.39. The van der Waals surface area contributed by atoms with Gasteiger partial charge in [0.2, 0.25) is 11.7 Å². The number of fused-ring (bicyclic) bond motifs is 1. The number of aliphatic carboxylic acids is 1. The fourth-order valence-electron chi connectivity index (χ4n) is 4.07. The molecule has 0 aliphatic carbocycles. The zero-order chi connectivity index (χ0) is 22.9. The molecule has 2 heterocycles. The molecule has 1 aromatic heterocycles. The van der Waals surface area contributed by atoms with Gasteiger partial charge >= 0.3 is 5.97 Å². The van der Waals surface area contributed by atoms with E-state index in [1.807, 2.05) is 0 Å². The van der Waals surface area contributed by atoms with Crippen molar-refractivity contribution in [2.24, 2.45) is 7.05 Å². The lowest BCUT2D eigenvalue weighted by atomic mass is 10.2. The van der Waals surface area contributed by atoms with E-state index >= 15 is 0 Å². The number of methoxy groups -OCH3 is 3. The lowest BCUT2D eigenvalue weighted by Crippen LogP contribution is -2.50. The maximum atomic E-state index is 13.0. The summed E-state index contributed by atoms with van der Waals surface area (Å²) < 4.78 is 17.9. The van der Waals surface area contributed by atoms with Gasteiger partial charge < -0.3 is 34.1 Å². The first kappa shape index (κ1) is 22.3. The molecule has 1 saturated heterocycles. The lowest BCUT2D eigenvalue weighted by Gasteiger charge is -2.25. The largest absolute Gasteiger partial charge is 0.493 e. The summed E-state index contributed by atoms with van der Waals surface area (Å²) in [4.78, 5) is 38.4. The maximum Gasteiger partial charge on any atom is 0.326 e. The zero-order valence-electron chi connectivity index (χ0n) is 18.2. The van der Waals surface area contributed by atoms with Crippen LogP contribution in [0.5, 0.6) is 17.2 Å². The van der Waals surface area contributed by atoms with Gasteiger partial charge in [-0.1, -0.05) is 0 Å². The molecule has 2 N–H and O–H groups in total. The van der Waals surface area contributed by atoms with Crippen LogP contribution in [0.2, 0.25) is 0 Å². The number of amides is 2. The molecule has 1 aromatic carbocycles. The van der Waals surface area contributed by atoms with Crippen LogP contribution in [0.4, 0.5) is 0 Å². The van der Waals surface area contributed by atoms with Gasteiger partial charge in [0.1, 0.15) is 17.8 Å². The third kappa shape index (κ3) is 3.85. The normalized spacial score (nSPS) is 16.8. The third-order valence-corrected chi connectivity index (χ3v) is 5.59. The number of likely N-dealkylation sites (tertiary alicyclic amines) is 1. The van der Waals surface area contributed by atoms with Crippen LogP contribution in [0.15, 0.2) is 12.1 Å². The number of nitrogens with one attached hydrogen (secondary N) is 1. The van der Waals surface area contributed by atoms with E-state index < -0.39 is 29.9 Å². The molecule has 1 aliphatic rings. The minimum Gasteiger partial charge on any atom is -0.493 e. The Bertz CT molecular complexity index is 1030. The average Bonchev–Trinajstić information content (AvgIpc) is 3.36. The first-order valence-electron chi connectivity index (χ1n) is 9.87. The molecule has 3 rings (SSSR count). The molecule has 2 aromatic rings. The number of aryl methyl sites for hydroxylation is 1. The molecule has 0 radical (unpaired) electrons. The number of aromatic nitrogens is 1. The van der Waals surface area contributed by atoms with Crippen LogP contribution in [-0.4, -0.2) is 72.3 Å². The number of benzene rings is 1. The summed E-state index contributed by atoms with van der Waals surface area (Å²) >= 11 is 0. The Morgan fingerprint density at radius 2 is 1.81 bits per heavy atom. The van der Waals surface area contributed by atoms with Crippen LogP contribution in [0.1, 0.15) is 30.3 Å². The first-order valence-corrected chi connectivity index (χ1v) is 9.87. The van der Waals surface area contributed by atoms with E-state index in [-0.39, 0.29) is 0 Å². The van der Waals surface area contributed by atoms with E-state index in [4.69, 9.17) is 14.2 Å². The van der Waals surface area contributed by atoms with Crippen molar-refractivity contribution in [2.75, 3.05) is 27.9 Å². The van der Waals surface area contributed by atoms with Gasteiger partial charge in [0.05, 0.1) is 26.8 Å². The number of hydrogen-bond acceptors (Lipinski definition) is 6. The highest BCUT2D eigenvalue weighted by Crippen LogP contribution is 2.44. The molecule has 2 unspecified atom stereocenters. The Balaban J connectivity index is 1.90. The van der Waals surface area contributed by atoms with Crippen LogP contribution in [0.3, 0.4) is 0 Å². The molecular formula is C21H27N3O7. The van der Waals surface area contributed by atoms with E-state index in [0.29, 0.717) is 53.2 Å². The molecular weight excluding hydrogens is 406 g/mol. The Labute approximate surface area is 179 Å². The SMILES string of the molecule is COc1cc2cc(C(=O)NC(C)C(=O)N3CCCC3C(=O)O)n(C)c2c(OC)c1OC. The highest BCUT2D eigenvalue weighted by atomic mass is 16.5. The number of carbonyl (C=O) groups is 3. The number of hydrogen-bond donors (Lipinski definition) is 2. The number of ether oxygens (including phenoxy) is 3. The van der Waals surface area contributed by atoms with Gasteiger partial charge in [-0.3, -0.25) is 9.59 Å². The van der Waals surface area contributed by atoms with Crippen molar-refractivity contribution in [3.05, 3.63) is 17.8 Å². The molecule has 31 heavy (non-hydrogen) atoms. The number of rotatable bonds is 7. The van der Waals surface area contributed by atoms with Gasteiger partial charge in [0, 0.05) is 19.0 Å². The van der Waals surface area contributed by atoms with E-state index in [1.54, 1.807) is 30.7 Å². The first-order chi connectivity index (χ1) is 14.7. The van der Waals surface area contributed by atoms with Gasteiger partial charge in [0.25, 0.3) is 5.91 Å². The highest BCUT2D eigenvalue weighted by molar-refractivity contribution is 6.03. The van der Waals surface area contributed by atoms with Crippen molar-refractivity contribution < 1.29 is 33.7 Å². The summed E-state index contributed by atoms with van der Waals surface area (Å²) in [5.41, 5.74) is 0.939. The smallest absolute Gasteiger partial charge is 0.326 e. The minimum absolute atomic E-state index is 0.305. The van der Waals surface area contributed by atoms with E-state index in [1.165, 1.54) is 26.2 Å². The number of carboxylic acids is 1. The Kier molecular flexibility index (Phi) is 6.28. The molecule has 0 spiro atoms. The monoisotopic (exact) mass is 433 g/mol. The summed E-state index contributed by atoms with van der Waals surface area (Å²) in [6, 6.07) is 1.68. The van der Waals surface area contributed by atoms with Crippen molar-refractivity contribution in [2.45, 2.75) is 31.8 Å². The van der Waals surface area contributed by atoms with Crippen molar-refractivity contribution >= 4 is 28.7 Å². The van der Waals surface area contributed by atoms with Gasteiger partial charge in [-0.2, -0.15) is 0 Å². The second-order valence-electron chi connectivity index (χ2n) is 7.39. The van der Waals surface area contributed by atoms with Gasteiger partial charge in [-0.05, 0) is 31.9 Å². The Hall–Kier alpha value is -3.43. The quantitative estimate of drug-likeness (QED) is 0.677. The van der Waals surface area contributed by atoms with Gasteiger partial charge in [0.15, 0.2) is 11.5 Å². The number of nitrogens with zero attached hydrogens (tertiary/aromatic N) is 2. The summed E-state index contributed by atoms with van der Waals surface area (Å²) in [5, 5.41) is 12.7. The number of carbonyl (C=O) groups excluding carboxylic acids is 2. The fourth-order valence-corrected chi connectivity index (χ4v) is 4.07. The Morgan fingerprint density at radius 3 is 2.39 bits per heavy atom. The topological polar surface area (TPSA) is 119 Å². The van der Waals surface area contributed by atoms with Crippen LogP contribution in [0.25, 0.3) is 10.9 Å². The van der Waals surface area contributed by atoms with Gasteiger partial charge in [-0.25, -0.2) is 4.79 Å². The van der Waals surface area contributed by atoms with Crippen molar-refractivity contribution in [1.29, 1.82) is 0 Å². The average molecular weight is 433 g/mol. The third-order valence-electron chi connectivity index (χ3n) is 5.59. The standard InChI is InChI=1S/C21H27N3O7/c1-11(20(26)24-8-6-7-13(24)21(27)28)22-19(25)14-9-12-10-15(29-3)17(30-4)18(31-5)16(12)23(14)2/h9-11,13H,6-8H2,1-5H3,(H,22,25)(H,27,28). The number of carboxylic acid groups (broad SMARTS) is 1. The molecule has 10 heteroatoms. The van der Waals surface area contributed by atoms with Crippen LogP contribution in [0, 0.1) is 0 Å². The van der Waals surface area contributed by atoms with Crippen molar-refractivity contribution in [3.63, 3.8) is 0 Å². The minimum atomic E-state index is -1.03. The van der Waals surface area contributed by atoms with E-state index in [9.17, 15) is 19.5 Å². The highest BCUT2D eigenvalue weighted by Gasteiger charge is 2.36. The van der Waals surface area contributed by atoms with E-state index in [0.717, 1.165) is 0 Å². The summed E-state index contributed by atoms with van der Waals surface area (Å²) in [7, 11) is 6.22. The lowest BCUT2D eigenvalue weighted by molar-refractivity contribution is -0.148. The van der Waals surface area contributed by atoms with Crippen molar-refractivity contribution in [1.82, 2.24) is 14.8 Å². The molecule has 0 bridgehead atoms. The predicted molar refractivity (Wildman–Crippen MR) is 112 cm³/mol. The molecule has 10 nitrogen and oxygen atoms in total. The summed E-state index contributed by atoms with van der Waals surface area (Å²) in [6.07, 6.45) is 1.03. The maximum absolute atomic E-state index is 13.0. The summed E-state index contributed by atoms with van der Waals surface area (Å²) in [6.45, 7) is 1.91. The second kappa shape index (κ2) is 8.75. The van der Waals surface area contributed by atoms with Crippen LogP contribution < -0.4 is 19.5 Å².